The molecule has 0 fully saturated rings. The molecular formula is C17H17BrClN. The Morgan fingerprint density at radius 2 is 1.95 bits per heavy atom. The first-order valence-electron chi connectivity index (χ1n) is 6.77. The van der Waals surface area contributed by atoms with Crippen LogP contribution in [0.2, 0.25) is 5.02 Å². The van der Waals surface area contributed by atoms with Crippen molar-refractivity contribution in [2.24, 2.45) is 5.41 Å². The molecule has 20 heavy (non-hydrogen) atoms. The van der Waals surface area contributed by atoms with E-state index in [0.29, 0.717) is 6.04 Å². The molecule has 0 heterocycles. The summed E-state index contributed by atoms with van der Waals surface area (Å²) < 4.78 is 1.00. The van der Waals surface area contributed by atoms with Crippen molar-refractivity contribution in [1.82, 2.24) is 0 Å². The van der Waals surface area contributed by atoms with Crippen LogP contribution in [0, 0.1) is 5.41 Å². The van der Waals surface area contributed by atoms with Crippen molar-refractivity contribution < 1.29 is 0 Å². The van der Waals surface area contributed by atoms with Crippen molar-refractivity contribution in [3.63, 3.8) is 0 Å². The van der Waals surface area contributed by atoms with E-state index in [1.807, 2.05) is 18.2 Å². The summed E-state index contributed by atoms with van der Waals surface area (Å²) >= 11 is 9.60. The van der Waals surface area contributed by atoms with Gasteiger partial charge in [-0.25, -0.2) is 0 Å². The Labute approximate surface area is 133 Å². The number of hydrogen-bond donors (Lipinski definition) is 1. The third-order valence-electron chi connectivity index (χ3n) is 4.02. The summed E-state index contributed by atoms with van der Waals surface area (Å²) in [6.45, 7) is 4.63. The third-order valence-corrected chi connectivity index (χ3v) is 4.92. The molecule has 0 aliphatic heterocycles. The average Bonchev–Trinajstić information content (AvgIpc) is 2.63. The summed E-state index contributed by atoms with van der Waals surface area (Å²) in [6, 6.07) is 14.9. The first-order valence-corrected chi connectivity index (χ1v) is 7.94. The number of nitrogens with one attached hydrogen (secondary N) is 1. The van der Waals surface area contributed by atoms with Crippen LogP contribution >= 0.6 is 27.5 Å². The van der Waals surface area contributed by atoms with Gasteiger partial charge < -0.3 is 5.32 Å². The number of fused-ring (bicyclic) bond motifs is 1. The lowest BCUT2D eigenvalue weighted by Gasteiger charge is -2.30. The molecule has 3 rings (SSSR count). The van der Waals surface area contributed by atoms with Gasteiger partial charge in [0.1, 0.15) is 0 Å². The quantitative estimate of drug-likeness (QED) is 0.717. The van der Waals surface area contributed by atoms with Crippen LogP contribution in [-0.4, -0.2) is 0 Å². The molecule has 0 bridgehead atoms. The van der Waals surface area contributed by atoms with Gasteiger partial charge in [-0.2, -0.15) is 0 Å². The summed E-state index contributed by atoms with van der Waals surface area (Å²) in [5.41, 5.74) is 4.13. The first-order chi connectivity index (χ1) is 9.47. The van der Waals surface area contributed by atoms with Crippen molar-refractivity contribution in [3.8, 4) is 0 Å². The molecule has 0 radical (unpaired) electrons. The molecule has 1 N–H and O–H groups in total. The van der Waals surface area contributed by atoms with Gasteiger partial charge in [-0.3, -0.25) is 0 Å². The molecule has 0 amide bonds. The fraction of sp³-hybridized carbons (Fsp3) is 0.294. The monoisotopic (exact) mass is 349 g/mol. The van der Waals surface area contributed by atoms with Gasteiger partial charge in [-0.1, -0.05) is 49.7 Å². The van der Waals surface area contributed by atoms with Crippen LogP contribution in [0.1, 0.15) is 31.0 Å². The zero-order valence-corrected chi connectivity index (χ0v) is 13.9. The lowest BCUT2D eigenvalue weighted by Crippen LogP contribution is -2.24. The predicted octanol–water partition coefficient (Wildman–Crippen LogP) is 5.84. The third kappa shape index (κ3) is 2.47. The van der Waals surface area contributed by atoms with E-state index in [9.17, 15) is 0 Å². The molecule has 0 saturated carbocycles. The van der Waals surface area contributed by atoms with E-state index in [1.54, 1.807) is 0 Å². The van der Waals surface area contributed by atoms with Crippen molar-refractivity contribution >= 4 is 33.2 Å². The minimum Gasteiger partial charge on any atom is -0.377 e. The SMILES string of the molecule is CC1(C)Cc2ccccc2C1Nc1ccc(Cl)cc1Br. The Morgan fingerprint density at radius 1 is 1.20 bits per heavy atom. The molecule has 1 nitrogen and oxygen atoms in total. The van der Waals surface area contributed by atoms with E-state index in [1.165, 1.54) is 11.1 Å². The number of rotatable bonds is 2. The van der Waals surface area contributed by atoms with Gasteiger partial charge in [0.2, 0.25) is 0 Å². The summed E-state index contributed by atoms with van der Waals surface area (Å²) in [7, 11) is 0. The molecule has 1 aliphatic rings. The maximum Gasteiger partial charge on any atom is 0.0571 e. The highest BCUT2D eigenvalue weighted by Gasteiger charge is 2.38. The second-order valence-electron chi connectivity index (χ2n) is 6.07. The van der Waals surface area contributed by atoms with Crippen LogP contribution in [0.25, 0.3) is 0 Å². The van der Waals surface area contributed by atoms with Crippen LogP contribution in [0.3, 0.4) is 0 Å². The van der Waals surface area contributed by atoms with Crippen LogP contribution in [0.15, 0.2) is 46.9 Å². The molecule has 0 aromatic heterocycles. The normalized spacial score (nSPS) is 19.7. The molecule has 0 spiro atoms. The molecule has 0 saturated heterocycles. The molecular weight excluding hydrogens is 334 g/mol. The summed E-state index contributed by atoms with van der Waals surface area (Å²) in [6.07, 6.45) is 1.10. The van der Waals surface area contributed by atoms with Crippen LogP contribution in [0.4, 0.5) is 5.69 Å². The maximum absolute atomic E-state index is 6.01. The van der Waals surface area contributed by atoms with E-state index in [0.717, 1.165) is 21.6 Å². The number of halogens is 2. The molecule has 1 atom stereocenters. The molecule has 2 aromatic rings. The Bertz CT molecular complexity index is 651. The highest BCUT2D eigenvalue weighted by atomic mass is 79.9. The van der Waals surface area contributed by atoms with Gasteiger partial charge in [0.05, 0.1) is 6.04 Å². The van der Waals surface area contributed by atoms with Crippen molar-refractivity contribution in [2.45, 2.75) is 26.3 Å². The van der Waals surface area contributed by atoms with Crippen molar-refractivity contribution in [3.05, 3.63) is 63.1 Å². The zero-order chi connectivity index (χ0) is 14.3. The lowest BCUT2D eigenvalue weighted by molar-refractivity contribution is 0.337. The second-order valence-corrected chi connectivity index (χ2v) is 7.36. The van der Waals surface area contributed by atoms with Gasteiger partial charge in [0.25, 0.3) is 0 Å². The topological polar surface area (TPSA) is 12.0 Å². The van der Waals surface area contributed by atoms with Gasteiger partial charge in [0.15, 0.2) is 0 Å². The predicted molar refractivity (Wildman–Crippen MR) is 89.4 cm³/mol. The van der Waals surface area contributed by atoms with E-state index < -0.39 is 0 Å². The maximum atomic E-state index is 6.01. The zero-order valence-electron chi connectivity index (χ0n) is 11.6. The average molecular weight is 351 g/mol. The fourth-order valence-electron chi connectivity index (χ4n) is 3.03. The standard InChI is InChI=1S/C17H17BrClN/c1-17(2)10-11-5-3-4-6-13(11)16(17)20-15-8-7-12(19)9-14(15)18/h3-9,16,20H,10H2,1-2H3. The van der Waals surface area contributed by atoms with E-state index in [2.05, 4.69) is 59.4 Å². The van der Waals surface area contributed by atoms with Crippen LogP contribution in [0.5, 0.6) is 0 Å². The summed E-state index contributed by atoms with van der Waals surface area (Å²) in [5.74, 6) is 0. The van der Waals surface area contributed by atoms with Gasteiger partial charge in [-0.15, -0.1) is 0 Å². The highest BCUT2D eigenvalue weighted by Crippen LogP contribution is 2.47. The van der Waals surface area contributed by atoms with Crippen LogP contribution < -0.4 is 5.32 Å². The Hall–Kier alpha value is -0.990. The van der Waals surface area contributed by atoms with E-state index >= 15 is 0 Å². The summed E-state index contributed by atoms with van der Waals surface area (Å²) in [5, 5.41) is 4.42. The van der Waals surface area contributed by atoms with E-state index in [4.69, 9.17) is 11.6 Å². The fourth-order valence-corrected chi connectivity index (χ4v) is 3.82. The smallest absolute Gasteiger partial charge is 0.0571 e. The lowest BCUT2D eigenvalue weighted by atomic mass is 9.85. The Morgan fingerprint density at radius 3 is 2.70 bits per heavy atom. The Balaban J connectivity index is 1.97. The summed E-state index contributed by atoms with van der Waals surface area (Å²) in [4.78, 5) is 0. The van der Waals surface area contributed by atoms with Crippen LogP contribution in [-0.2, 0) is 6.42 Å². The van der Waals surface area contributed by atoms with Crippen molar-refractivity contribution in [2.75, 3.05) is 5.32 Å². The first kappa shape index (κ1) is 14.0. The minimum absolute atomic E-state index is 0.197. The molecule has 1 aliphatic carbocycles. The Kier molecular flexibility index (Phi) is 3.55. The second kappa shape index (κ2) is 5.09. The number of hydrogen-bond acceptors (Lipinski definition) is 1. The number of anilines is 1. The van der Waals surface area contributed by atoms with Gasteiger partial charge >= 0.3 is 0 Å². The molecule has 2 aromatic carbocycles. The number of benzene rings is 2. The highest BCUT2D eigenvalue weighted by molar-refractivity contribution is 9.10. The van der Waals surface area contributed by atoms with Gasteiger partial charge in [-0.05, 0) is 57.1 Å². The molecule has 1 unspecified atom stereocenters. The molecule has 3 heteroatoms. The molecule has 104 valence electrons. The van der Waals surface area contributed by atoms with Gasteiger partial charge in [0, 0.05) is 15.2 Å². The largest absolute Gasteiger partial charge is 0.377 e. The van der Waals surface area contributed by atoms with Crippen molar-refractivity contribution in [1.29, 1.82) is 0 Å². The van der Waals surface area contributed by atoms with E-state index in [-0.39, 0.29) is 5.41 Å². The minimum atomic E-state index is 0.197.